The molecule has 0 saturated heterocycles. The van der Waals surface area contributed by atoms with Crippen LogP contribution in [0.25, 0.3) is 0 Å². The van der Waals surface area contributed by atoms with E-state index in [4.69, 9.17) is 14.6 Å². The number of allylic oxidation sites excluding steroid dienone is 1. The molecule has 1 heterocycles. The Hall–Kier alpha value is -3.35. The number of methoxy groups -OCH3 is 1. The SMILES string of the molecule is C=C(CC)C(Cc1cnn(Cc2ccc(OC)cc2)c(=O)c1C(F)(F)F)[C@@H](COCCC(=O)O)C(F)(F)F. The van der Waals surface area contributed by atoms with Crippen molar-refractivity contribution >= 4 is 5.97 Å². The van der Waals surface area contributed by atoms with Crippen LogP contribution in [-0.2, 0) is 28.7 Å². The third-order valence-corrected chi connectivity index (χ3v) is 5.98. The zero-order chi connectivity index (χ0) is 28.7. The molecule has 0 saturated carbocycles. The fourth-order valence-corrected chi connectivity index (χ4v) is 3.88. The lowest BCUT2D eigenvalue weighted by Crippen LogP contribution is -2.38. The van der Waals surface area contributed by atoms with Crippen LogP contribution in [0.1, 0.15) is 36.5 Å². The Labute approximate surface area is 214 Å². The number of halogens is 6. The van der Waals surface area contributed by atoms with Crippen LogP contribution in [0.4, 0.5) is 26.3 Å². The van der Waals surface area contributed by atoms with E-state index in [9.17, 15) is 35.9 Å². The summed E-state index contributed by atoms with van der Waals surface area (Å²) in [4.78, 5) is 23.5. The molecule has 7 nitrogen and oxygen atoms in total. The summed E-state index contributed by atoms with van der Waals surface area (Å²) in [5, 5.41) is 12.5. The molecular weight excluding hydrogens is 522 g/mol. The number of rotatable bonds is 13. The Morgan fingerprint density at radius 3 is 2.29 bits per heavy atom. The van der Waals surface area contributed by atoms with Crippen molar-refractivity contribution in [3.05, 3.63) is 69.7 Å². The number of carboxylic acid groups (broad SMARTS) is 1. The van der Waals surface area contributed by atoms with E-state index in [2.05, 4.69) is 11.7 Å². The van der Waals surface area contributed by atoms with Gasteiger partial charge in [0.1, 0.15) is 11.3 Å². The quantitative estimate of drug-likeness (QED) is 0.212. The number of nitrogens with zero attached hydrogens (tertiary/aromatic N) is 2. The second-order valence-electron chi connectivity index (χ2n) is 8.54. The molecule has 1 N–H and O–H groups in total. The molecule has 0 aliphatic rings. The zero-order valence-electron chi connectivity index (χ0n) is 20.7. The maximum atomic E-state index is 14.0. The van der Waals surface area contributed by atoms with Gasteiger partial charge in [0.15, 0.2) is 0 Å². The molecule has 0 bridgehead atoms. The Balaban J connectivity index is 2.47. The lowest BCUT2D eigenvalue weighted by molar-refractivity contribution is -0.200. The lowest BCUT2D eigenvalue weighted by Gasteiger charge is -2.31. The zero-order valence-corrected chi connectivity index (χ0v) is 20.7. The number of benzene rings is 1. The van der Waals surface area contributed by atoms with E-state index in [-0.39, 0.29) is 18.5 Å². The van der Waals surface area contributed by atoms with Crippen molar-refractivity contribution in [2.45, 2.75) is 45.1 Å². The summed E-state index contributed by atoms with van der Waals surface area (Å²) in [7, 11) is 1.43. The van der Waals surface area contributed by atoms with Crippen LogP contribution in [0.15, 0.2) is 47.4 Å². The highest BCUT2D eigenvalue weighted by molar-refractivity contribution is 5.66. The number of hydrogen-bond acceptors (Lipinski definition) is 5. The fraction of sp³-hybridized carbons (Fsp3) is 0.480. The first-order chi connectivity index (χ1) is 17.7. The van der Waals surface area contributed by atoms with Gasteiger partial charge in [-0.25, -0.2) is 4.68 Å². The van der Waals surface area contributed by atoms with Crippen LogP contribution < -0.4 is 10.3 Å². The van der Waals surface area contributed by atoms with Gasteiger partial charge in [0.05, 0.1) is 45.4 Å². The van der Waals surface area contributed by atoms with Gasteiger partial charge in [-0.2, -0.15) is 31.4 Å². The summed E-state index contributed by atoms with van der Waals surface area (Å²) in [6.45, 7) is 3.32. The van der Waals surface area contributed by atoms with Crippen molar-refractivity contribution < 1.29 is 45.7 Å². The first kappa shape index (κ1) is 30.9. The number of carbonyl (C=O) groups is 1. The van der Waals surface area contributed by atoms with Crippen molar-refractivity contribution in [1.29, 1.82) is 0 Å². The maximum Gasteiger partial charge on any atom is 0.422 e. The van der Waals surface area contributed by atoms with Gasteiger partial charge in [-0.1, -0.05) is 31.2 Å². The van der Waals surface area contributed by atoms with Gasteiger partial charge in [0.25, 0.3) is 5.56 Å². The summed E-state index contributed by atoms with van der Waals surface area (Å²) < 4.78 is 94.6. The van der Waals surface area contributed by atoms with Gasteiger partial charge in [-0.05, 0) is 42.0 Å². The topological polar surface area (TPSA) is 90.7 Å². The number of carboxylic acids is 1. The summed E-state index contributed by atoms with van der Waals surface area (Å²) >= 11 is 0. The van der Waals surface area contributed by atoms with Crippen LogP contribution in [0, 0.1) is 11.8 Å². The third kappa shape index (κ3) is 8.33. The van der Waals surface area contributed by atoms with E-state index in [0.717, 1.165) is 6.20 Å². The molecule has 2 atom stereocenters. The van der Waals surface area contributed by atoms with E-state index >= 15 is 0 Å². The highest BCUT2D eigenvalue weighted by Gasteiger charge is 2.47. The molecule has 0 amide bonds. The molecular formula is C25H28F6N2O5. The monoisotopic (exact) mass is 550 g/mol. The summed E-state index contributed by atoms with van der Waals surface area (Å²) in [5.41, 5.74) is -3.35. The molecule has 2 rings (SSSR count). The van der Waals surface area contributed by atoms with E-state index < -0.39 is 72.9 Å². The first-order valence-electron chi connectivity index (χ1n) is 11.5. The van der Waals surface area contributed by atoms with Crippen LogP contribution in [0.3, 0.4) is 0 Å². The molecule has 0 fully saturated rings. The normalized spacial score (nSPS) is 13.7. The molecule has 210 valence electrons. The van der Waals surface area contributed by atoms with Gasteiger partial charge in [-0.3, -0.25) is 9.59 Å². The first-order valence-corrected chi connectivity index (χ1v) is 11.5. The minimum Gasteiger partial charge on any atom is -0.497 e. The number of hydrogen-bond donors (Lipinski definition) is 1. The van der Waals surface area contributed by atoms with Crippen molar-refractivity contribution in [3.8, 4) is 5.75 Å². The van der Waals surface area contributed by atoms with Gasteiger partial charge in [-0.15, -0.1) is 0 Å². The van der Waals surface area contributed by atoms with E-state index in [1.807, 2.05) is 0 Å². The Morgan fingerprint density at radius 1 is 1.16 bits per heavy atom. The highest BCUT2D eigenvalue weighted by atomic mass is 19.4. The highest BCUT2D eigenvalue weighted by Crippen LogP contribution is 2.40. The molecule has 0 aliphatic heterocycles. The van der Waals surface area contributed by atoms with Crippen LogP contribution >= 0.6 is 0 Å². The van der Waals surface area contributed by atoms with Gasteiger partial charge in [0, 0.05) is 0 Å². The molecule has 13 heteroatoms. The molecule has 1 unspecified atom stereocenters. The number of aliphatic carboxylic acids is 1. The average molecular weight is 550 g/mol. The number of aromatic nitrogens is 2. The van der Waals surface area contributed by atoms with Gasteiger partial charge in [0.2, 0.25) is 0 Å². The van der Waals surface area contributed by atoms with Gasteiger partial charge >= 0.3 is 18.3 Å². The minimum absolute atomic E-state index is 0.00435. The second-order valence-corrected chi connectivity index (χ2v) is 8.54. The average Bonchev–Trinajstić information content (AvgIpc) is 2.82. The Kier molecular flexibility index (Phi) is 10.5. The van der Waals surface area contributed by atoms with E-state index in [0.29, 0.717) is 16.0 Å². The second kappa shape index (κ2) is 12.9. The molecule has 0 aliphatic carbocycles. The smallest absolute Gasteiger partial charge is 0.422 e. The maximum absolute atomic E-state index is 14.0. The summed E-state index contributed by atoms with van der Waals surface area (Å²) in [6.07, 6.45) is -10.7. The predicted molar refractivity (Wildman–Crippen MR) is 125 cm³/mol. The van der Waals surface area contributed by atoms with Crippen molar-refractivity contribution in [2.24, 2.45) is 11.8 Å². The van der Waals surface area contributed by atoms with Crippen LogP contribution in [0.5, 0.6) is 5.75 Å². The van der Waals surface area contributed by atoms with Gasteiger partial charge < -0.3 is 14.6 Å². The lowest BCUT2D eigenvalue weighted by atomic mass is 9.80. The fourth-order valence-electron chi connectivity index (χ4n) is 3.88. The van der Waals surface area contributed by atoms with Crippen LogP contribution in [-0.4, -0.2) is 47.4 Å². The number of ether oxygens (including phenoxy) is 2. The standard InChI is InChI=1S/C25H28F6N2O5/c1-4-15(2)19(20(24(26,27)28)14-38-10-9-21(34)35)11-17-12-32-33(23(36)22(17)25(29,30)31)13-16-5-7-18(37-3)8-6-16/h5-8,12,19-20H,2,4,9-11,13-14H2,1,3H3,(H,34,35)/t19?,20-/m1/s1. The van der Waals surface area contributed by atoms with Crippen molar-refractivity contribution in [1.82, 2.24) is 9.78 Å². The molecule has 2 aromatic rings. The van der Waals surface area contributed by atoms with Crippen molar-refractivity contribution in [3.63, 3.8) is 0 Å². The van der Waals surface area contributed by atoms with E-state index in [1.165, 1.54) is 26.2 Å². The van der Waals surface area contributed by atoms with Crippen molar-refractivity contribution in [2.75, 3.05) is 20.3 Å². The molecule has 0 radical (unpaired) electrons. The van der Waals surface area contributed by atoms with E-state index in [1.54, 1.807) is 12.1 Å². The van der Waals surface area contributed by atoms with Crippen LogP contribution in [0.2, 0.25) is 0 Å². The minimum atomic E-state index is -5.17. The Morgan fingerprint density at radius 2 is 1.79 bits per heavy atom. The molecule has 1 aromatic carbocycles. The third-order valence-electron chi connectivity index (χ3n) is 5.98. The molecule has 1 aromatic heterocycles. The molecule has 38 heavy (non-hydrogen) atoms. The predicted octanol–water partition coefficient (Wildman–Crippen LogP) is 5.11. The summed E-state index contributed by atoms with van der Waals surface area (Å²) in [5.74, 6) is -4.65. The number of alkyl halides is 6. The Bertz CT molecular complexity index is 1160. The largest absolute Gasteiger partial charge is 0.497 e. The molecule has 0 spiro atoms. The summed E-state index contributed by atoms with van der Waals surface area (Å²) in [6, 6.07) is 6.17.